The van der Waals surface area contributed by atoms with E-state index in [1.807, 2.05) is 30.3 Å². The number of benzene rings is 1. The van der Waals surface area contributed by atoms with Crippen LogP contribution in [0.15, 0.2) is 30.3 Å². The van der Waals surface area contributed by atoms with Gasteiger partial charge in [-0.1, -0.05) is 109 Å². The zero-order valence-corrected chi connectivity index (χ0v) is 17.5. The van der Waals surface area contributed by atoms with Gasteiger partial charge in [-0.15, -0.1) is 0 Å². The summed E-state index contributed by atoms with van der Waals surface area (Å²) in [5.74, 6) is 0. The molecule has 0 aromatic heterocycles. The van der Waals surface area contributed by atoms with Gasteiger partial charge in [0.05, 0.1) is 0 Å². The Kier molecular flexibility index (Phi) is 14.5. The summed E-state index contributed by atoms with van der Waals surface area (Å²) in [6.45, 7) is 2.85. The summed E-state index contributed by atoms with van der Waals surface area (Å²) in [4.78, 5) is 0. The molecule has 0 aliphatic heterocycles. The van der Waals surface area contributed by atoms with Crippen molar-refractivity contribution in [1.82, 2.24) is 0 Å². The zero-order valence-electron chi connectivity index (χ0n) is 16.7. The Morgan fingerprint density at radius 2 is 1.15 bits per heavy atom. The van der Waals surface area contributed by atoms with Gasteiger partial charge in [-0.3, -0.25) is 4.21 Å². The minimum Gasteiger partial charge on any atom is -0.755 e. The first-order valence-corrected chi connectivity index (χ1v) is 11.7. The van der Waals surface area contributed by atoms with E-state index in [4.69, 9.17) is 0 Å². The molecule has 0 aliphatic carbocycles. The summed E-state index contributed by atoms with van der Waals surface area (Å²) >= 11 is -2.19. The third-order valence-corrected chi connectivity index (χ3v) is 5.69. The first kappa shape index (κ1) is 23.2. The molecule has 0 fully saturated rings. The van der Waals surface area contributed by atoms with Crippen molar-refractivity contribution in [3.8, 4) is 0 Å². The van der Waals surface area contributed by atoms with Crippen molar-refractivity contribution in [3.05, 3.63) is 30.3 Å². The quantitative estimate of drug-likeness (QED) is 0.221. The molecule has 0 aliphatic rings. The van der Waals surface area contributed by atoms with Crippen molar-refractivity contribution in [3.63, 3.8) is 0 Å². The molecule has 0 amide bonds. The van der Waals surface area contributed by atoms with Gasteiger partial charge < -0.3 is 8.86 Å². The second-order valence-electron chi connectivity index (χ2n) is 7.25. The molecular formula is C22H38NO2S-. The van der Waals surface area contributed by atoms with Crippen LogP contribution < -0.4 is 4.31 Å². The summed E-state index contributed by atoms with van der Waals surface area (Å²) in [6, 6.07) is 9.35. The van der Waals surface area contributed by atoms with Crippen LogP contribution in [0.2, 0.25) is 0 Å². The fourth-order valence-electron chi connectivity index (χ4n) is 3.33. The predicted octanol–water partition coefficient (Wildman–Crippen LogP) is 6.77. The van der Waals surface area contributed by atoms with Crippen LogP contribution in [0, 0.1) is 0 Å². The standard InChI is InChI=1S/C22H39NO2S/c1-2-3-4-5-6-7-8-9-10-11-12-13-14-18-21-23(26(24)25)22-19-16-15-17-20-22/h15-17,19-20H,2-14,18,21H2,1H3,(H,24,25)/p-1. The molecule has 3 nitrogen and oxygen atoms in total. The third-order valence-electron chi connectivity index (χ3n) is 4.94. The fraction of sp³-hybridized carbons (Fsp3) is 0.727. The van der Waals surface area contributed by atoms with Crippen molar-refractivity contribution in [1.29, 1.82) is 0 Å². The van der Waals surface area contributed by atoms with Crippen molar-refractivity contribution < 1.29 is 8.76 Å². The highest BCUT2D eigenvalue weighted by molar-refractivity contribution is 7.80. The van der Waals surface area contributed by atoms with E-state index in [1.165, 1.54) is 81.4 Å². The Morgan fingerprint density at radius 1 is 0.731 bits per heavy atom. The largest absolute Gasteiger partial charge is 0.755 e. The third kappa shape index (κ3) is 11.7. The lowest BCUT2D eigenvalue weighted by atomic mass is 10.0. The van der Waals surface area contributed by atoms with Crippen LogP contribution in [-0.4, -0.2) is 15.3 Å². The lowest BCUT2D eigenvalue weighted by Gasteiger charge is -2.26. The molecule has 0 radical (unpaired) electrons. The predicted molar refractivity (Wildman–Crippen MR) is 113 cm³/mol. The average molecular weight is 381 g/mol. The Labute approximate surface area is 164 Å². The molecule has 1 unspecified atom stereocenters. The number of para-hydroxylation sites is 1. The lowest BCUT2D eigenvalue weighted by molar-refractivity contribution is 0.524. The summed E-state index contributed by atoms with van der Waals surface area (Å²) in [5, 5.41) is 0. The van der Waals surface area contributed by atoms with Gasteiger partial charge in [-0.2, -0.15) is 0 Å². The molecule has 1 aromatic carbocycles. The molecule has 0 spiro atoms. The molecule has 1 atom stereocenters. The van der Waals surface area contributed by atoms with Crippen LogP contribution >= 0.6 is 0 Å². The highest BCUT2D eigenvalue weighted by Crippen LogP contribution is 2.17. The van der Waals surface area contributed by atoms with Crippen molar-refractivity contribution in [2.75, 3.05) is 10.8 Å². The molecule has 1 aromatic rings. The van der Waals surface area contributed by atoms with Gasteiger partial charge in [-0.05, 0) is 18.6 Å². The molecule has 0 bridgehead atoms. The van der Waals surface area contributed by atoms with E-state index in [1.54, 1.807) is 0 Å². The minimum absolute atomic E-state index is 0.582. The van der Waals surface area contributed by atoms with Crippen LogP contribution in [0.25, 0.3) is 0 Å². The topological polar surface area (TPSA) is 43.4 Å². The van der Waals surface area contributed by atoms with Gasteiger partial charge in [0.2, 0.25) is 0 Å². The molecule has 0 heterocycles. The van der Waals surface area contributed by atoms with Crippen LogP contribution in [0.4, 0.5) is 5.69 Å². The van der Waals surface area contributed by atoms with Crippen LogP contribution in [-0.2, 0) is 11.3 Å². The lowest BCUT2D eigenvalue weighted by Crippen LogP contribution is -2.26. The maximum absolute atomic E-state index is 11.4. The van der Waals surface area contributed by atoms with Crippen molar-refractivity contribution >= 4 is 17.0 Å². The van der Waals surface area contributed by atoms with Crippen molar-refractivity contribution in [2.45, 2.75) is 96.8 Å². The molecule has 4 heteroatoms. The Hall–Kier alpha value is -0.870. The SMILES string of the molecule is CCCCCCCCCCCCCCCCN(c1ccccc1)S(=O)[O-]. The Bertz CT molecular complexity index is 453. The maximum Gasteiger partial charge on any atom is 0.0482 e. The molecule has 0 saturated carbocycles. The van der Waals surface area contributed by atoms with Crippen molar-refractivity contribution in [2.24, 2.45) is 0 Å². The molecule has 1 rings (SSSR count). The summed E-state index contributed by atoms with van der Waals surface area (Å²) in [6.07, 6.45) is 18.4. The molecule has 0 saturated heterocycles. The number of hydrogen-bond donors (Lipinski definition) is 0. The van der Waals surface area contributed by atoms with E-state index in [0.717, 1.165) is 18.5 Å². The Morgan fingerprint density at radius 3 is 1.58 bits per heavy atom. The second-order valence-corrected chi connectivity index (χ2v) is 8.13. The number of anilines is 1. The monoisotopic (exact) mass is 380 g/mol. The summed E-state index contributed by atoms with van der Waals surface area (Å²) in [5.41, 5.74) is 0.760. The first-order valence-electron chi connectivity index (χ1n) is 10.7. The van der Waals surface area contributed by atoms with Crippen LogP contribution in [0.3, 0.4) is 0 Å². The highest BCUT2D eigenvalue weighted by Gasteiger charge is 2.05. The van der Waals surface area contributed by atoms with E-state index >= 15 is 0 Å². The zero-order chi connectivity index (χ0) is 18.9. The van der Waals surface area contributed by atoms with E-state index < -0.39 is 11.3 Å². The van der Waals surface area contributed by atoms with Crippen LogP contribution in [0.5, 0.6) is 0 Å². The van der Waals surface area contributed by atoms with Gasteiger partial charge in [0.25, 0.3) is 0 Å². The Balaban J connectivity index is 1.93. The van der Waals surface area contributed by atoms with E-state index in [0.29, 0.717) is 6.54 Å². The smallest absolute Gasteiger partial charge is 0.0482 e. The van der Waals surface area contributed by atoms with Gasteiger partial charge in [0.1, 0.15) is 0 Å². The van der Waals surface area contributed by atoms with Gasteiger partial charge >= 0.3 is 0 Å². The van der Waals surface area contributed by atoms with E-state index in [9.17, 15) is 8.76 Å². The summed E-state index contributed by atoms with van der Waals surface area (Å²) in [7, 11) is 0. The van der Waals surface area contributed by atoms with Gasteiger partial charge in [0.15, 0.2) is 0 Å². The summed E-state index contributed by atoms with van der Waals surface area (Å²) < 4.78 is 24.2. The average Bonchev–Trinajstić information content (AvgIpc) is 2.65. The normalized spacial score (nSPS) is 12.2. The van der Waals surface area contributed by atoms with Gasteiger partial charge in [-0.25, -0.2) is 0 Å². The molecular weight excluding hydrogens is 342 g/mol. The van der Waals surface area contributed by atoms with Gasteiger partial charge in [0, 0.05) is 23.5 Å². The number of unbranched alkanes of at least 4 members (excludes halogenated alkanes) is 13. The van der Waals surface area contributed by atoms with E-state index in [-0.39, 0.29) is 0 Å². The first-order chi connectivity index (χ1) is 12.8. The highest BCUT2D eigenvalue weighted by atomic mass is 32.2. The number of hydrogen-bond acceptors (Lipinski definition) is 2. The molecule has 26 heavy (non-hydrogen) atoms. The maximum atomic E-state index is 11.4. The fourth-order valence-corrected chi connectivity index (χ4v) is 3.91. The number of nitrogens with zero attached hydrogens (tertiary/aromatic N) is 1. The molecule has 0 N–H and O–H groups in total. The minimum atomic E-state index is -2.19. The van der Waals surface area contributed by atoms with Crippen LogP contribution in [0.1, 0.15) is 96.8 Å². The van der Waals surface area contributed by atoms with E-state index in [2.05, 4.69) is 6.92 Å². The number of rotatable bonds is 17. The second kappa shape index (κ2) is 16.3. The molecule has 150 valence electrons.